The fourth-order valence-corrected chi connectivity index (χ4v) is 2.29. The van der Waals surface area contributed by atoms with E-state index in [4.69, 9.17) is 9.84 Å². The summed E-state index contributed by atoms with van der Waals surface area (Å²) in [4.78, 5) is 37.5. The normalized spacial score (nSPS) is 12.5. The number of rotatable bonds is 5. The van der Waals surface area contributed by atoms with Crippen LogP contribution in [0.1, 0.15) is 29.7 Å². The van der Waals surface area contributed by atoms with E-state index in [9.17, 15) is 14.4 Å². The van der Waals surface area contributed by atoms with Gasteiger partial charge < -0.3 is 14.8 Å². The van der Waals surface area contributed by atoms with Crippen LogP contribution in [0.15, 0.2) is 27.8 Å². The van der Waals surface area contributed by atoms with E-state index in [0.29, 0.717) is 17.5 Å². The molecular weight excluding hydrogens is 276 g/mol. The number of aromatic carboxylic acids is 1. The van der Waals surface area contributed by atoms with E-state index in [-0.39, 0.29) is 18.2 Å². The van der Waals surface area contributed by atoms with Gasteiger partial charge in [0, 0.05) is 7.11 Å². The Bertz CT molecular complexity index is 790. The predicted octanol–water partition coefficient (Wildman–Crippen LogP) is 0.986. The van der Waals surface area contributed by atoms with Crippen molar-refractivity contribution in [3.63, 3.8) is 0 Å². The van der Waals surface area contributed by atoms with Crippen LogP contribution >= 0.6 is 0 Å². The van der Waals surface area contributed by atoms with Crippen molar-refractivity contribution < 1.29 is 14.6 Å². The molecule has 0 bridgehead atoms. The number of nitrogens with one attached hydrogen (secondary N) is 1. The van der Waals surface area contributed by atoms with E-state index in [1.165, 1.54) is 29.9 Å². The molecule has 1 aromatic heterocycles. The average molecular weight is 292 g/mol. The number of hydrogen-bond donors (Lipinski definition) is 2. The first kappa shape index (κ1) is 15.0. The third-order valence-electron chi connectivity index (χ3n) is 3.36. The van der Waals surface area contributed by atoms with Crippen LogP contribution < -0.4 is 11.1 Å². The minimum Gasteiger partial charge on any atom is -0.478 e. The van der Waals surface area contributed by atoms with Gasteiger partial charge in [-0.25, -0.2) is 4.79 Å². The van der Waals surface area contributed by atoms with E-state index >= 15 is 0 Å². The summed E-state index contributed by atoms with van der Waals surface area (Å²) in [5.41, 5.74) is -0.605. The van der Waals surface area contributed by atoms with Crippen LogP contribution in [0.3, 0.4) is 0 Å². The highest BCUT2D eigenvalue weighted by Gasteiger charge is 2.17. The molecule has 0 fully saturated rings. The van der Waals surface area contributed by atoms with E-state index < -0.39 is 17.1 Å². The summed E-state index contributed by atoms with van der Waals surface area (Å²) in [6, 6.07) is 3.91. The second-order valence-electron chi connectivity index (χ2n) is 4.68. The maximum atomic E-state index is 12.2. The van der Waals surface area contributed by atoms with Crippen molar-refractivity contribution in [1.29, 1.82) is 0 Å². The van der Waals surface area contributed by atoms with Crippen molar-refractivity contribution in [3.8, 4) is 0 Å². The molecule has 0 saturated heterocycles. The zero-order valence-electron chi connectivity index (χ0n) is 11.8. The Hall–Kier alpha value is -2.41. The van der Waals surface area contributed by atoms with Crippen molar-refractivity contribution >= 4 is 17.0 Å². The number of benzene rings is 1. The molecule has 0 spiro atoms. The fraction of sp³-hybridized carbons (Fsp3) is 0.357. The molecule has 7 heteroatoms. The minimum absolute atomic E-state index is 0.0509. The summed E-state index contributed by atoms with van der Waals surface area (Å²) in [7, 11) is 1.51. The third-order valence-corrected chi connectivity index (χ3v) is 3.36. The summed E-state index contributed by atoms with van der Waals surface area (Å²) in [6.45, 7) is 2.12. The molecule has 0 radical (unpaired) electrons. The highest BCUT2D eigenvalue weighted by atomic mass is 16.5. The van der Waals surface area contributed by atoms with Crippen molar-refractivity contribution in [3.05, 3.63) is 44.5 Å². The summed E-state index contributed by atoms with van der Waals surface area (Å²) in [5, 5.41) is 9.07. The monoisotopic (exact) mass is 292 g/mol. The zero-order chi connectivity index (χ0) is 15.6. The number of ether oxygens (including phenoxy) is 1. The topological polar surface area (TPSA) is 101 Å². The summed E-state index contributed by atoms with van der Waals surface area (Å²) < 4.78 is 6.39. The molecule has 21 heavy (non-hydrogen) atoms. The number of methoxy groups -OCH3 is 1. The highest BCUT2D eigenvalue weighted by molar-refractivity contribution is 5.92. The largest absolute Gasteiger partial charge is 0.478 e. The summed E-state index contributed by atoms with van der Waals surface area (Å²) in [5.74, 6) is -1.10. The van der Waals surface area contributed by atoms with Gasteiger partial charge in [-0.3, -0.25) is 14.2 Å². The van der Waals surface area contributed by atoms with Gasteiger partial charge in [0.15, 0.2) is 0 Å². The summed E-state index contributed by atoms with van der Waals surface area (Å²) >= 11 is 0. The smallest absolute Gasteiger partial charge is 0.335 e. The average Bonchev–Trinajstić information content (AvgIpc) is 2.46. The molecule has 0 saturated carbocycles. The van der Waals surface area contributed by atoms with Gasteiger partial charge in [0.25, 0.3) is 0 Å². The number of aromatic amines is 1. The maximum absolute atomic E-state index is 12.2. The Morgan fingerprint density at radius 1 is 1.43 bits per heavy atom. The van der Waals surface area contributed by atoms with Crippen molar-refractivity contribution in [2.45, 2.75) is 19.4 Å². The molecular formula is C14H16N2O5. The van der Waals surface area contributed by atoms with Crippen LogP contribution in [-0.4, -0.2) is 34.3 Å². The lowest BCUT2D eigenvalue weighted by Gasteiger charge is -2.19. The quantitative estimate of drug-likeness (QED) is 0.800. The molecule has 1 aromatic carbocycles. The van der Waals surface area contributed by atoms with Gasteiger partial charge in [0.2, 0.25) is 0 Å². The number of carbonyl (C=O) groups is 1. The maximum Gasteiger partial charge on any atom is 0.335 e. The van der Waals surface area contributed by atoms with Gasteiger partial charge in [0.05, 0.1) is 29.2 Å². The van der Waals surface area contributed by atoms with Crippen molar-refractivity contribution in [1.82, 2.24) is 9.55 Å². The molecule has 2 N–H and O–H groups in total. The Balaban J connectivity index is 2.83. The van der Waals surface area contributed by atoms with Crippen molar-refractivity contribution in [2.24, 2.45) is 0 Å². The van der Waals surface area contributed by atoms with Crippen LogP contribution in [0.2, 0.25) is 0 Å². The number of fused-ring (bicyclic) bond motifs is 1. The third kappa shape index (κ3) is 2.73. The van der Waals surface area contributed by atoms with Gasteiger partial charge >= 0.3 is 17.1 Å². The van der Waals surface area contributed by atoms with Crippen LogP contribution in [-0.2, 0) is 4.74 Å². The fourth-order valence-electron chi connectivity index (χ4n) is 2.29. The Morgan fingerprint density at radius 3 is 2.71 bits per heavy atom. The van der Waals surface area contributed by atoms with E-state index in [1.807, 2.05) is 6.92 Å². The minimum atomic E-state index is -1.10. The van der Waals surface area contributed by atoms with Crippen LogP contribution in [0, 0.1) is 0 Å². The Morgan fingerprint density at radius 2 is 2.14 bits per heavy atom. The zero-order valence-corrected chi connectivity index (χ0v) is 11.8. The second-order valence-corrected chi connectivity index (χ2v) is 4.68. The molecule has 0 aliphatic carbocycles. The van der Waals surface area contributed by atoms with Crippen LogP contribution in [0.4, 0.5) is 0 Å². The molecule has 0 aliphatic rings. The molecule has 1 heterocycles. The van der Waals surface area contributed by atoms with Gasteiger partial charge in [-0.1, -0.05) is 6.92 Å². The number of carboxylic acid groups (broad SMARTS) is 1. The van der Waals surface area contributed by atoms with Crippen LogP contribution in [0.25, 0.3) is 11.0 Å². The first-order valence-electron chi connectivity index (χ1n) is 6.50. The summed E-state index contributed by atoms with van der Waals surface area (Å²) in [6.07, 6.45) is 0.573. The Labute approximate surface area is 119 Å². The molecule has 2 rings (SSSR count). The van der Waals surface area contributed by atoms with Crippen LogP contribution in [0.5, 0.6) is 0 Å². The highest BCUT2D eigenvalue weighted by Crippen LogP contribution is 2.18. The van der Waals surface area contributed by atoms with Gasteiger partial charge in [-0.05, 0) is 24.6 Å². The number of H-pyrrole nitrogens is 1. The molecule has 1 atom stereocenters. The number of nitrogens with zero attached hydrogens (tertiary/aromatic N) is 1. The lowest BCUT2D eigenvalue weighted by Crippen LogP contribution is -2.39. The van der Waals surface area contributed by atoms with Gasteiger partial charge in [-0.15, -0.1) is 0 Å². The van der Waals surface area contributed by atoms with E-state index in [0.717, 1.165) is 0 Å². The molecule has 112 valence electrons. The van der Waals surface area contributed by atoms with Gasteiger partial charge in [-0.2, -0.15) is 0 Å². The first-order valence-corrected chi connectivity index (χ1v) is 6.50. The first-order chi connectivity index (χ1) is 9.99. The number of aromatic nitrogens is 2. The van der Waals surface area contributed by atoms with Gasteiger partial charge in [0.1, 0.15) is 0 Å². The second kappa shape index (κ2) is 5.92. The SMILES string of the molecule is CCC(COC)n1c(=O)c(=O)[nH]c2ccc(C(=O)O)cc21. The molecule has 1 unspecified atom stereocenters. The van der Waals surface area contributed by atoms with E-state index in [1.54, 1.807) is 0 Å². The number of hydrogen-bond acceptors (Lipinski definition) is 4. The molecule has 2 aromatic rings. The van der Waals surface area contributed by atoms with Crippen molar-refractivity contribution in [2.75, 3.05) is 13.7 Å². The molecule has 0 amide bonds. The standard InChI is InChI=1S/C14H16N2O5/c1-3-9(7-21-2)16-11-6-8(14(19)20)4-5-10(11)15-12(17)13(16)18/h4-6,9H,3,7H2,1-2H3,(H,15,17)(H,19,20). The predicted molar refractivity (Wildman–Crippen MR) is 77.0 cm³/mol. The number of carboxylic acids is 1. The Kier molecular flexibility index (Phi) is 4.23. The molecule has 0 aliphatic heterocycles. The lowest BCUT2D eigenvalue weighted by atomic mass is 10.1. The van der Waals surface area contributed by atoms with E-state index in [2.05, 4.69) is 4.98 Å². The molecule has 7 nitrogen and oxygen atoms in total. The lowest BCUT2D eigenvalue weighted by molar-refractivity contribution is 0.0697.